The van der Waals surface area contributed by atoms with Crippen molar-refractivity contribution in [3.63, 3.8) is 0 Å². The molecule has 6 nitrogen and oxygen atoms in total. The van der Waals surface area contributed by atoms with E-state index in [1.807, 2.05) is 18.2 Å². The summed E-state index contributed by atoms with van der Waals surface area (Å²) in [6.45, 7) is 3.30. The van der Waals surface area contributed by atoms with Gasteiger partial charge in [-0.05, 0) is 49.4 Å². The van der Waals surface area contributed by atoms with E-state index in [1.165, 1.54) is 28.6 Å². The van der Waals surface area contributed by atoms with Crippen LogP contribution in [0.5, 0.6) is 0 Å². The zero-order valence-corrected chi connectivity index (χ0v) is 17.9. The Kier molecular flexibility index (Phi) is 7.39. The molecule has 7 heteroatoms. The second-order valence-corrected chi connectivity index (χ2v) is 9.58. The van der Waals surface area contributed by atoms with E-state index in [4.69, 9.17) is 4.74 Å². The number of hydrogen-bond donors (Lipinski definition) is 0. The predicted octanol–water partition coefficient (Wildman–Crippen LogP) is 3.93. The van der Waals surface area contributed by atoms with E-state index in [9.17, 15) is 18.0 Å². The molecule has 0 aliphatic carbocycles. The highest BCUT2D eigenvalue weighted by Gasteiger charge is 2.28. The van der Waals surface area contributed by atoms with Crippen molar-refractivity contribution in [2.75, 3.05) is 19.7 Å². The highest BCUT2D eigenvalue weighted by Crippen LogP contribution is 2.23. The number of hydrogen-bond acceptors (Lipinski definition) is 5. The molecule has 1 aliphatic rings. The van der Waals surface area contributed by atoms with E-state index < -0.39 is 16.0 Å². The number of sulfonamides is 1. The molecule has 2 aromatic carbocycles. The number of Topliss-reactive ketones (excluding diaryl/α,β-unsaturated/α-hetero) is 1. The van der Waals surface area contributed by atoms with Gasteiger partial charge in [0.15, 0.2) is 5.78 Å². The lowest BCUT2D eigenvalue weighted by atomic mass is 10.0. The molecule has 0 radical (unpaired) electrons. The number of benzene rings is 2. The lowest BCUT2D eigenvalue weighted by Gasteiger charge is -2.29. The van der Waals surface area contributed by atoms with Crippen LogP contribution in [0.4, 0.5) is 0 Å². The minimum Gasteiger partial charge on any atom is -0.462 e. The van der Waals surface area contributed by atoms with E-state index in [0.717, 1.165) is 12.8 Å². The number of carbonyl (C=O) groups is 2. The smallest absolute Gasteiger partial charge is 0.338 e. The second kappa shape index (κ2) is 10.00. The van der Waals surface area contributed by atoms with Crippen LogP contribution in [0.15, 0.2) is 59.5 Å². The van der Waals surface area contributed by atoms with Gasteiger partial charge in [0, 0.05) is 25.1 Å². The molecule has 0 saturated carbocycles. The van der Waals surface area contributed by atoms with Gasteiger partial charge in [-0.1, -0.05) is 37.3 Å². The van der Waals surface area contributed by atoms with Crippen LogP contribution in [0, 0.1) is 5.92 Å². The van der Waals surface area contributed by atoms with Crippen molar-refractivity contribution in [1.29, 1.82) is 0 Å². The molecule has 2 aromatic rings. The Morgan fingerprint density at radius 3 is 2.23 bits per heavy atom. The third kappa shape index (κ3) is 5.55. The van der Waals surface area contributed by atoms with Gasteiger partial charge in [-0.2, -0.15) is 4.31 Å². The molecular formula is C23H27NO5S. The maximum absolute atomic E-state index is 12.7. The standard InChI is InChI=1S/C23H27NO5S/c1-18-13-15-24(16-14-18)30(27,28)21-11-9-20(10-12-21)23(26)29-17-5-8-22(25)19-6-3-2-4-7-19/h2-4,6-7,9-12,18H,5,8,13-17H2,1H3. The highest BCUT2D eigenvalue weighted by molar-refractivity contribution is 7.89. The maximum Gasteiger partial charge on any atom is 0.338 e. The summed E-state index contributed by atoms with van der Waals surface area (Å²) >= 11 is 0. The van der Waals surface area contributed by atoms with Gasteiger partial charge in [-0.15, -0.1) is 0 Å². The van der Waals surface area contributed by atoms with Crippen LogP contribution in [0.3, 0.4) is 0 Å². The minimum atomic E-state index is -3.54. The second-order valence-electron chi connectivity index (χ2n) is 7.64. The van der Waals surface area contributed by atoms with Gasteiger partial charge >= 0.3 is 5.97 Å². The number of piperidine rings is 1. The molecule has 0 unspecified atom stereocenters. The molecule has 0 spiro atoms. The Morgan fingerprint density at radius 1 is 0.967 bits per heavy atom. The molecule has 0 atom stereocenters. The minimum absolute atomic E-state index is 0.00770. The summed E-state index contributed by atoms with van der Waals surface area (Å²) in [5.41, 5.74) is 0.930. The summed E-state index contributed by atoms with van der Waals surface area (Å²) in [5, 5.41) is 0. The Bertz CT molecular complexity index is 962. The average Bonchev–Trinajstić information content (AvgIpc) is 2.77. The highest BCUT2D eigenvalue weighted by atomic mass is 32.2. The van der Waals surface area contributed by atoms with E-state index in [1.54, 1.807) is 12.1 Å². The van der Waals surface area contributed by atoms with Gasteiger partial charge in [-0.3, -0.25) is 4.79 Å². The zero-order valence-electron chi connectivity index (χ0n) is 17.1. The largest absolute Gasteiger partial charge is 0.462 e. The molecule has 1 fully saturated rings. The molecule has 3 rings (SSSR count). The molecule has 0 bridgehead atoms. The van der Waals surface area contributed by atoms with Crippen LogP contribution < -0.4 is 0 Å². The first-order valence-electron chi connectivity index (χ1n) is 10.2. The summed E-state index contributed by atoms with van der Waals surface area (Å²) in [6, 6.07) is 14.8. The molecule has 160 valence electrons. The molecule has 1 aliphatic heterocycles. The zero-order chi connectivity index (χ0) is 21.6. The normalized spacial score (nSPS) is 15.6. The quantitative estimate of drug-likeness (QED) is 0.361. The Hall–Kier alpha value is -2.51. The predicted molar refractivity (Wildman–Crippen MR) is 114 cm³/mol. The molecule has 30 heavy (non-hydrogen) atoms. The first-order chi connectivity index (χ1) is 14.4. The van der Waals surface area contributed by atoms with Gasteiger partial charge in [0.2, 0.25) is 10.0 Å². The van der Waals surface area contributed by atoms with Crippen molar-refractivity contribution in [2.24, 2.45) is 5.92 Å². The van der Waals surface area contributed by atoms with Gasteiger partial charge < -0.3 is 4.74 Å². The van der Waals surface area contributed by atoms with E-state index >= 15 is 0 Å². The Morgan fingerprint density at radius 2 is 1.60 bits per heavy atom. The monoisotopic (exact) mass is 429 g/mol. The van der Waals surface area contributed by atoms with Crippen molar-refractivity contribution >= 4 is 21.8 Å². The molecule has 0 amide bonds. The van der Waals surface area contributed by atoms with Crippen LogP contribution in [0.1, 0.15) is 53.3 Å². The van der Waals surface area contributed by atoms with Gasteiger partial charge in [0.05, 0.1) is 17.1 Å². The van der Waals surface area contributed by atoms with Crippen LogP contribution in [-0.2, 0) is 14.8 Å². The third-order valence-corrected chi connectivity index (χ3v) is 7.26. The van der Waals surface area contributed by atoms with Crippen LogP contribution in [0.2, 0.25) is 0 Å². The first kappa shape index (κ1) is 22.2. The topological polar surface area (TPSA) is 80.8 Å². The number of ketones is 1. The van der Waals surface area contributed by atoms with Crippen molar-refractivity contribution in [3.8, 4) is 0 Å². The summed E-state index contributed by atoms with van der Waals surface area (Å²) in [5.74, 6) is 0.0165. The van der Waals surface area contributed by atoms with Crippen molar-refractivity contribution in [3.05, 3.63) is 65.7 Å². The summed E-state index contributed by atoms with van der Waals surface area (Å²) in [4.78, 5) is 24.4. The summed E-state index contributed by atoms with van der Waals surface area (Å²) in [7, 11) is -3.54. The van der Waals surface area contributed by atoms with Crippen molar-refractivity contribution in [1.82, 2.24) is 4.31 Å². The van der Waals surface area contributed by atoms with Crippen molar-refractivity contribution in [2.45, 2.75) is 37.5 Å². The Labute approximate surface area is 177 Å². The molecule has 0 aromatic heterocycles. The number of ether oxygens (including phenoxy) is 1. The van der Waals surface area contributed by atoms with Crippen molar-refractivity contribution < 1.29 is 22.7 Å². The molecule has 1 saturated heterocycles. The lowest BCUT2D eigenvalue weighted by molar-refractivity contribution is 0.0494. The maximum atomic E-state index is 12.7. The fourth-order valence-electron chi connectivity index (χ4n) is 3.39. The molecule has 0 N–H and O–H groups in total. The average molecular weight is 430 g/mol. The van der Waals surface area contributed by atoms with Gasteiger partial charge in [0.1, 0.15) is 0 Å². The fourth-order valence-corrected chi connectivity index (χ4v) is 4.86. The van der Waals surface area contributed by atoms with E-state index in [0.29, 0.717) is 37.4 Å². The number of carbonyl (C=O) groups excluding carboxylic acids is 2. The Balaban J connectivity index is 1.49. The van der Waals surface area contributed by atoms with Crippen LogP contribution in [0.25, 0.3) is 0 Å². The van der Waals surface area contributed by atoms with E-state index in [2.05, 4.69) is 6.92 Å². The first-order valence-corrected chi connectivity index (χ1v) is 11.7. The number of esters is 1. The molecular weight excluding hydrogens is 402 g/mol. The van der Waals surface area contributed by atoms with Gasteiger partial charge in [0.25, 0.3) is 0 Å². The SMILES string of the molecule is CC1CCN(S(=O)(=O)c2ccc(C(=O)OCCCC(=O)c3ccccc3)cc2)CC1. The van der Waals surface area contributed by atoms with E-state index in [-0.39, 0.29) is 22.8 Å². The van der Waals surface area contributed by atoms with Crippen LogP contribution >= 0.6 is 0 Å². The third-order valence-electron chi connectivity index (χ3n) is 5.35. The lowest BCUT2D eigenvalue weighted by Crippen LogP contribution is -2.37. The summed E-state index contributed by atoms with van der Waals surface area (Å²) in [6.07, 6.45) is 2.44. The summed E-state index contributed by atoms with van der Waals surface area (Å²) < 4.78 is 32.2. The van der Waals surface area contributed by atoms with Gasteiger partial charge in [-0.25, -0.2) is 13.2 Å². The fraction of sp³-hybridized carbons (Fsp3) is 0.391. The van der Waals surface area contributed by atoms with Crippen LogP contribution in [-0.4, -0.2) is 44.2 Å². The molecule has 1 heterocycles. The number of nitrogens with zero attached hydrogens (tertiary/aromatic N) is 1. The number of rotatable bonds is 8.